The molecule has 0 bridgehead atoms. The number of carbonyl (C=O) groups is 2. The van der Waals surface area contributed by atoms with Crippen LogP contribution >= 0.6 is 0 Å². The van der Waals surface area contributed by atoms with Crippen molar-refractivity contribution >= 4 is 38.3 Å². The Morgan fingerprint density at radius 2 is 1.43 bits per heavy atom. The van der Waals surface area contributed by atoms with Crippen LogP contribution in [-0.2, 0) is 10.0 Å². The molecule has 0 saturated carbocycles. The monoisotopic (exact) mass is 640 g/mol. The highest BCUT2D eigenvalue weighted by Gasteiger charge is 2.28. The number of anilines is 1. The number of hydrogen-bond donors (Lipinski definition) is 1. The van der Waals surface area contributed by atoms with Gasteiger partial charge >= 0.3 is 0 Å². The topological polar surface area (TPSA) is 90.0 Å². The number of piperazine rings is 1. The van der Waals surface area contributed by atoms with Gasteiger partial charge in [-0.05, 0) is 72.5 Å². The van der Waals surface area contributed by atoms with E-state index in [0.29, 0.717) is 43.0 Å². The Morgan fingerprint density at radius 3 is 2.07 bits per heavy atom. The maximum Gasteiger partial charge on any atom is 0.256 e. The van der Waals surface area contributed by atoms with E-state index < -0.39 is 15.9 Å². The lowest BCUT2D eigenvalue weighted by Gasteiger charge is -2.38. The minimum atomic E-state index is -3.67. The average molecular weight is 641 g/mol. The minimum absolute atomic E-state index is 0.127. The number of fused-ring (bicyclic) bond motifs is 1. The summed E-state index contributed by atoms with van der Waals surface area (Å²) in [5.41, 5.74) is 2.42. The number of benzene rings is 4. The number of amides is 2. The lowest BCUT2D eigenvalue weighted by Crippen LogP contribution is -2.49. The molecule has 1 fully saturated rings. The standard InChI is InChI=1S/C37H44N4O4S/c1-4-6-21-41(20-5-2)46(44,45)33-18-16-30(17-19-33)36(42)38-35-27-32-15-11-10-14-31(32)26-34(35)37(43)40-24-22-39(23-25-40)28(3)29-12-8-7-9-13-29/h7-19,26-28H,4-6,20-25H2,1-3H3,(H,38,42). The van der Waals surface area contributed by atoms with Gasteiger partial charge in [0, 0.05) is 50.9 Å². The van der Waals surface area contributed by atoms with Crippen molar-refractivity contribution in [3.05, 3.63) is 108 Å². The fourth-order valence-corrected chi connectivity index (χ4v) is 7.57. The second-order valence-electron chi connectivity index (χ2n) is 11.9. The van der Waals surface area contributed by atoms with E-state index in [-0.39, 0.29) is 16.8 Å². The highest BCUT2D eigenvalue weighted by molar-refractivity contribution is 7.89. The Bertz CT molecular complexity index is 1750. The molecule has 2 amide bonds. The summed E-state index contributed by atoms with van der Waals surface area (Å²) < 4.78 is 28.1. The Kier molecular flexibility index (Phi) is 10.9. The van der Waals surface area contributed by atoms with Gasteiger partial charge in [0.15, 0.2) is 0 Å². The van der Waals surface area contributed by atoms with Crippen LogP contribution < -0.4 is 5.32 Å². The molecule has 9 heteroatoms. The minimum Gasteiger partial charge on any atom is -0.336 e. The number of hydrogen-bond acceptors (Lipinski definition) is 5. The fraction of sp³-hybridized carbons (Fsp3) is 0.351. The quantitative estimate of drug-likeness (QED) is 0.184. The van der Waals surface area contributed by atoms with Gasteiger partial charge in [0.25, 0.3) is 11.8 Å². The number of unbranched alkanes of at least 4 members (excludes halogenated alkanes) is 1. The van der Waals surface area contributed by atoms with Crippen LogP contribution in [-0.4, -0.2) is 73.6 Å². The van der Waals surface area contributed by atoms with E-state index in [4.69, 9.17) is 0 Å². The molecule has 1 heterocycles. The van der Waals surface area contributed by atoms with Gasteiger partial charge in [-0.15, -0.1) is 0 Å². The number of carbonyl (C=O) groups excluding carboxylic acids is 2. The molecule has 8 nitrogen and oxygen atoms in total. The number of rotatable bonds is 12. The van der Waals surface area contributed by atoms with Crippen LogP contribution in [0.4, 0.5) is 5.69 Å². The molecule has 1 N–H and O–H groups in total. The summed E-state index contributed by atoms with van der Waals surface area (Å²) in [4.78, 5) is 31.9. The Balaban J connectivity index is 1.34. The molecule has 4 aromatic carbocycles. The van der Waals surface area contributed by atoms with Crippen molar-refractivity contribution in [2.24, 2.45) is 0 Å². The molecule has 242 valence electrons. The van der Waals surface area contributed by atoms with Crippen molar-refractivity contribution < 1.29 is 18.0 Å². The van der Waals surface area contributed by atoms with Crippen LogP contribution in [0.5, 0.6) is 0 Å². The zero-order chi connectivity index (χ0) is 32.7. The molecule has 0 aliphatic carbocycles. The van der Waals surface area contributed by atoms with Gasteiger partial charge in [-0.3, -0.25) is 14.5 Å². The first-order chi connectivity index (χ1) is 22.2. The average Bonchev–Trinajstić information content (AvgIpc) is 3.09. The van der Waals surface area contributed by atoms with Crippen LogP contribution in [0.2, 0.25) is 0 Å². The lowest BCUT2D eigenvalue weighted by molar-refractivity contribution is 0.0583. The predicted octanol–water partition coefficient (Wildman–Crippen LogP) is 6.81. The smallest absolute Gasteiger partial charge is 0.256 e. The summed E-state index contributed by atoms with van der Waals surface area (Å²) in [5, 5.41) is 4.77. The van der Waals surface area contributed by atoms with Crippen molar-refractivity contribution in [1.29, 1.82) is 0 Å². The molecule has 0 radical (unpaired) electrons. The van der Waals surface area contributed by atoms with E-state index in [0.717, 1.165) is 43.1 Å². The van der Waals surface area contributed by atoms with Gasteiger partial charge in [0.05, 0.1) is 16.1 Å². The SMILES string of the molecule is CCCCN(CCC)S(=O)(=O)c1ccc(C(=O)Nc2cc3ccccc3cc2C(=O)N2CCN(C(C)c3ccccc3)CC2)cc1. The highest BCUT2D eigenvalue weighted by atomic mass is 32.2. The maximum absolute atomic E-state index is 14.0. The number of sulfonamides is 1. The summed E-state index contributed by atoms with van der Waals surface area (Å²) >= 11 is 0. The second-order valence-corrected chi connectivity index (χ2v) is 13.8. The molecule has 5 rings (SSSR count). The van der Waals surface area contributed by atoms with Crippen molar-refractivity contribution in [2.45, 2.75) is 51.0 Å². The number of nitrogens with one attached hydrogen (secondary N) is 1. The van der Waals surface area contributed by atoms with Gasteiger partial charge < -0.3 is 10.2 Å². The van der Waals surface area contributed by atoms with Crippen LogP contribution in [0, 0.1) is 0 Å². The first-order valence-corrected chi connectivity index (χ1v) is 17.7. The summed E-state index contributed by atoms with van der Waals surface area (Å²) in [6.45, 7) is 9.77. The molecular weight excluding hydrogens is 596 g/mol. The third kappa shape index (κ3) is 7.49. The van der Waals surface area contributed by atoms with Gasteiger partial charge in [-0.2, -0.15) is 4.31 Å². The molecule has 1 atom stereocenters. The van der Waals surface area contributed by atoms with Crippen LogP contribution in [0.1, 0.15) is 72.4 Å². The third-order valence-corrected chi connectivity index (χ3v) is 10.7. The van der Waals surface area contributed by atoms with Crippen molar-refractivity contribution in [1.82, 2.24) is 14.1 Å². The zero-order valence-electron chi connectivity index (χ0n) is 27.0. The summed E-state index contributed by atoms with van der Waals surface area (Å²) in [7, 11) is -3.67. The number of nitrogens with zero attached hydrogens (tertiary/aromatic N) is 3. The molecule has 1 saturated heterocycles. The van der Waals surface area contributed by atoms with Crippen LogP contribution in [0.15, 0.2) is 95.9 Å². The maximum atomic E-state index is 14.0. The van der Waals surface area contributed by atoms with Gasteiger partial charge in [0.1, 0.15) is 0 Å². The van der Waals surface area contributed by atoms with E-state index in [1.807, 2.05) is 73.3 Å². The second kappa shape index (κ2) is 15.0. The van der Waals surface area contributed by atoms with Crippen molar-refractivity contribution in [3.63, 3.8) is 0 Å². The molecule has 46 heavy (non-hydrogen) atoms. The summed E-state index contributed by atoms with van der Waals surface area (Å²) in [5.74, 6) is -0.538. The van der Waals surface area contributed by atoms with Gasteiger partial charge in [0.2, 0.25) is 10.0 Å². The normalized spacial score (nSPS) is 14.8. The van der Waals surface area contributed by atoms with Crippen molar-refractivity contribution in [2.75, 3.05) is 44.6 Å². The molecule has 1 aliphatic heterocycles. The van der Waals surface area contributed by atoms with Crippen LogP contribution in [0.25, 0.3) is 10.8 Å². The molecule has 4 aromatic rings. The molecule has 0 spiro atoms. The van der Waals surface area contributed by atoms with E-state index in [2.05, 4.69) is 29.3 Å². The first kappa shape index (κ1) is 33.3. The predicted molar refractivity (Wildman–Crippen MR) is 185 cm³/mol. The zero-order valence-corrected chi connectivity index (χ0v) is 27.8. The van der Waals surface area contributed by atoms with E-state index >= 15 is 0 Å². The lowest BCUT2D eigenvalue weighted by atomic mass is 10.0. The molecule has 0 aromatic heterocycles. The fourth-order valence-electron chi connectivity index (χ4n) is 6.00. The third-order valence-electron chi connectivity index (χ3n) is 8.78. The Labute approximate surface area is 273 Å². The molecule has 1 unspecified atom stereocenters. The Morgan fingerprint density at radius 1 is 0.804 bits per heavy atom. The largest absolute Gasteiger partial charge is 0.336 e. The van der Waals surface area contributed by atoms with E-state index in [9.17, 15) is 18.0 Å². The highest BCUT2D eigenvalue weighted by Crippen LogP contribution is 2.28. The van der Waals surface area contributed by atoms with E-state index in [1.54, 1.807) is 0 Å². The van der Waals surface area contributed by atoms with E-state index in [1.165, 1.54) is 34.1 Å². The van der Waals surface area contributed by atoms with Gasteiger partial charge in [-0.1, -0.05) is 74.9 Å². The first-order valence-electron chi connectivity index (χ1n) is 16.3. The van der Waals surface area contributed by atoms with Crippen molar-refractivity contribution in [3.8, 4) is 0 Å². The molecular formula is C37H44N4O4S. The summed E-state index contributed by atoms with van der Waals surface area (Å²) in [6, 6.07) is 28.1. The van der Waals surface area contributed by atoms with Crippen LogP contribution in [0.3, 0.4) is 0 Å². The summed E-state index contributed by atoms with van der Waals surface area (Å²) in [6.07, 6.45) is 2.41. The molecule has 1 aliphatic rings. The Hall–Kier alpha value is -4.05. The van der Waals surface area contributed by atoms with Gasteiger partial charge in [-0.25, -0.2) is 8.42 Å².